The zero-order valence-corrected chi connectivity index (χ0v) is 12.2. The van der Waals surface area contributed by atoms with Crippen molar-refractivity contribution in [3.63, 3.8) is 0 Å². The number of hydrogen-bond donors (Lipinski definition) is 1. The second-order valence-electron chi connectivity index (χ2n) is 4.64. The zero-order valence-electron chi connectivity index (χ0n) is 11.3. The highest BCUT2D eigenvalue weighted by Crippen LogP contribution is 2.23. The highest BCUT2D eigenvalue weighted by Gasteiger charge is 2.25. The molecule has 106 valence electrons. The zero-order chi connectivity index (χ0) is 13.9. The number of ether oxygens (including phenoxy) is 1. The van der Waals surface area contributed by atoms with Gasteiger partial charge in [0.2, 0.25) is 10.0 Å². The molecule has 6 heteroatoms. The van der Waals surface area contributed by atoms with E-state index in [0.29, 0.717) is 30.3 Å². The fraction of sp³-hybridized carbons (Fsp3) is 0.538. The molecule has 0 aromatic heterocycles. The van der Waals surface area contributed by atoms with Crippen molar-refractivity contribution in [1.29, 1.82) is 0 Å². The van der Waals surface area contributed by atoms with Gasteiger partial charge >= 0.3 is 0 Å². The van der Waals surface area contributed by atoms with Crippen molar-refractivity contribution in [3.05, 3.63) is 23.8 Å². The maximum atomic E-state index is 12.5. The second kappa shape index (κ2) is 5.90. The molecule has 0 unspecified atom stereocenters. The lowest BCUT2D eigenvalue weighted by Crippen LogP contribution is -2.34. The first-order valence-electron chi connectivity index (χ1n) is 6.41. The SMILES string of the molecule is COc1ccc(S(=O)(=O)N2CCCNCC2)cc1C. The predicted molar refractivity (Wildman–Crippen MR) is 74.0 cm³/mol. The largest absolute Gasteiger partial charge is 0.496 e. The van der Waals surface area contributed by atoms with Crippen LogP contribution in [0.3, 0.4) is 0 Å². The van der Waals surface area contributed by atoms with Gasteiger partial charge in [0.1, 0.15) is 5.75 Å². The minimum absolute atomic E-state index is 0.340. The van der Waals surface area contributed by atoms with Crippen LogP contribution in [0.25, 0.3) is 0 Å². The highest BCUT2D eigenvalue weighted by molar-refractivity contribution is 7.89. The molecular weight excluding hydrogens is 264 g/mol. The van der Waals surface area contributed by atoms with Crippen molar-refractivity contribution < 1.29 is 13.2 Å². The number of methoxy groups -OCH3 is 1. The minimum Gasteiger partial charge on any atom is -0.496 e. The highest BCUT2D eigenvalue weighted by atomic mass is 32.2. The van der Waals surface area contributed by atoms with Gasteiger partial charge in [0.05, 0.1) is 12.0 Å². The summed E-state index contributed by atoms with van der Waals surface area (Å²) in [5, 5.41) is 3.20. The third kappa shape index (κ3) is 3.08. The lowest BCUT2D eigenvalue weighted by atomic mass is 10.2. The fourth-order valence-electron chi connectivity index (χ4n) is 2.22. The Labute approximate surface area is 114 Å². The Morgan fingerprint density at radius 1 is 1.26 bits per heavy atom. The van der Waals surface area contributed by atoms with Gasteiger partial charge in [-0.1, -0.05) is 0 Å². The molecule has 1 aliphatic rings. The number of aryl methyl sites for hydroxylation is 1. The third-order valence-electron chi connectivity index (χ3n) is 3.30. The normalized spacial score (nSPS) is 18.0. The van der Waals surface area contributed by atoms with Crippen LogP contribution in [0.15, 0.2) is 23.1 Å². The van der Waals surface area contributed by atoms with E-state index in [1.54, 1.807) is 29.6 Å². The summed E-state index contributed by atoms with van der Waals surface area (Å²) >= 11 is 0. The third-order valence-corrected chi connectivity index (χ3v) is 5.20. The van der Waals surface area contributed by atoms with Crippen LogP contribution >= 0.6 is 0 Å². The van der Waals surface area contributed by atoms with Gasteiger partial charge in [0.15, 0.2) is 0 Å². The predicted octanol–water partition coefficient (Wildman–Crippen LogP) is 0.988. The Morgan fingerprint density at radius 2 is 2.05 bits per heavy atom. The number of rotatable bonds is 3. The summed E-state index contributed by atoms with van der Waals surface area (Å²) < 4.78 is 31.8. The van der Waals surface area contributed by atoms with E-state index in [1.807, 2.05) is 6.92 Å². The van der Waals surface area contributed by atoms with Crippen LogP contribution in [0, 0.1) is 6.92 Å². The molecular formula is C13H20N2O3S. The maximum absolute atomic E-state index is 12.5. The van der Waals surface area contributed by atoms with E-state index in [2.05, 4.69) is 5.32 Å². The topological polar surface area (TPSA) is 58.6 Å². The van der Waals surface area contributed by atoms with Crippen LogP contribution in [0.2, 0.25) is 0 Å². The molecule has 0 aliphatic carbocycles. The Kier molecular flexibility index (Phi) is 4.44. The molecule has 0 amide bonds. The standard InChI is InChI=1S/C13H20N2O3S/c1-11-10-12(4-5-13(11)18-2)19(16,17)15-8-3-6-14-7-9-15/h4-5,10,14H,3,6-9H2,1-2H3. The Hall–Kier alpha value is -1.11. The molecule has 1 N–H and O–H groups in total. The number of nitrogens with zero attached hydrogens (tertiary/aromatic N) is 1. The summed E-state index contributed by atoms with van der Waals surface area (Å²) in [5.74, 6) is 0.705. The van der Waals surface area contributed by atoms with E-state index < -0.39 is 10.0 Å². The summed E-state index contributed by atoms with van der Waals surface area (Å²) in [4.78, 5) is 0.340. The summed E-state index contributed by atoms with van der Waals surface area (Å²) in [6, 6.07) is 4.99. The van der Waals surface area contributed by atoms with E-state index in [0.717, 1.165) is 18.5 Å². The first kappa shape index (κ1) is 14.3. The molecule has 0 saturated carbocycles. The van der Waals surface area contributed by atoms with Crippen molar-refractivity contribution in [1.82, 2.24) is 9.62 Å². The maximum Gasteiger partial charge on any atom is 0.243 e. The van der Waals surface area contributed by atoms with Crippen LogP contribution in [-0.2, 0) is 10.0 Å². The molecule has 1 aromatic rings. The van der Waals surface area contributed by atoms with E-state index in [4.69, 9.17) is 4.74 Å². The molecule has 1 fully saturated rings. The van der Waals surface area contributed by atoms with Gasteiger partial charge < -0.3 is 10.1 Å². The van der Waals surface area contributed by atoms with Gasteiger partial charge in [-0.05, 0) is 43.7 Å². The molecule has 1 saturated heterocycles. The van der Waals surface area contributed by atoms with Gasteiger partial charge in [-0.2, -0.15) is 4.31 Å². The van der Waals surface area contributed by atoms with Gasteiger partial charge in [0.25, 0.3) is 0 Å². The average Bonchev–Trinajstić information content (AvgIpc) is 2.67. The van der Waals surface area contributed by atoms with E-state index in [9.17, 15) is 8.42 Å². The summed E-state index contributed by atoms with van der Waals surface area (Å²) in [6.45, 7) is 4.51. The summed E-state index contributed by atoms with van der Waals surface area (Å²) in [7, 11) is -1.81. The van der Waals surface area contributed by atoms with E-state index >= 15 is 0 Å². The van der Waals surface area contributed by atoms with Crippen LogP contribution in [0.4, 0.5) is 0 Å². The van der Waals surface area contributed by atoms with Gasteiger partial charge in [-0.3, -0.25) is 0 Å². The van der Waals surface area contributed by atoms with Crippen LogP contribution < -0.4 is 10.1 Å². The number of hydrogen-bond acceptors (Lipinski definition) is 4. The van der Waals surface area contributed by atoms with Crippen molar-refractivity contribution in [2.24, 2.45) is 0 Å². The monoisotopic (exact) mass is 284 g/mol. The molecule has 0 atom stereocenters. The molecule has 0 bridgehead atoms. The second-order valence-corrected chi connectivity index (χ2v) is 6.58. The quantitative estimate of drug-likeness (QED) is 0.899. The van der Waals surface area contributed by atoms with Crippen molar-refractivity contribution >= 4 is 10.0 Å². The molecule has 1 aromatic carbocycles. The van der Waals surface area contributed by atoms with Gasteiger partial charge in [0, 0.05) is 19.6 Å². The first-order chi connectivity index (χ1) is 9.05. The van der Waals surface area contributed by atoms with Crippen molar-refractivity contribution in [3.8, 4) is 5.75 Å². The summed E-state index contributed by atoms with van der Waals surface area (Å²) in [5.41, 5.74) is 0.830. The molecule has 19 heavy (non-hydrogen) atoms. The summed E-state index contributed by atoms with van der Waals surface area (Å²) in [6.07, 6.45) is 0.842. The Morgan fingerprint density at radius 3 is 2.74 bits per heavy atom. The molecule has 0 radical (unpaired) electrons. The van der Waals surface area contributed by atoms with Crippen LogP contribution in [0.1, 0.15) is 12.0 Å². The van der Waals surface area contributed by atoms with Crippen LogP contribution in [-0.4, -0.2) is 46.0 Å². The smallest absolute Gasteiger partial charge is 0.243 e. The minimum atomic E-state index is -3.40. The number of benzene rings is 1. The first-order valence-corrected chi connectivity index (χ1v) is 7.85. The molecule has 2 rings (SSSR count). The Bertz CT molecular complexity index is 535. The van der Waals surface area contributed by atoms with Gasteiger partial charge in [-0.15, -0.1) is 0 Å². The van der Waals surface area contributed by atoms with E-state index in [1.165, 1.54) is 0 Å². The van der Waals surface area contributed by atoms with Crippen molar-refractivity contribution in [2.75, 3.05) is 33.3 Å². The van der Waals surface area contributed by atoms with Crippen LogP contribution in [0.5, 0.6) is 5.75 Å². The van der Waals surface area contributed by atoms with E-state index in [-0.39, 0.29) is 0 Å². The lowest BCUT2D eigenvalue weighted by molar-refractivity contribution is 0.410. The molecule has 5 nitrogen and oxygen atoms in total. The van der Waals surface area contributed by atoms with Gasteiger partial charge in [-0.25, -0.2) is 8.42 Å². The molecule has 1 aliphatic heterocycles. The fourth-order valence-corrected chi connectivity index (χ4v) is 3.79. The number of sulfonamides is 1. The number of nitrogens with one attached hydrogen (secondary N) is 1. The Balaban J connectivity index is 2.30. The lowest BCUT2D eigenvalue weighted by Gasteiger charge is -2.20. The van der Waals surface area contributed by atoms with Crippen molar-refractivity contribution in [2.45, 2.75) is 18.2 Å². The molecule has 0 spiro atoms. The molecule has 1 heterocycles. The average molecular weight is 284 g/mol.